The van der Waals surface area contributed by atoms with E-state index in [1.165, 1.54) is 48.6 Å². The number of hydrogen-bond donors (Lipinski definition) is 3. The highest BCUT2D eigenvalue weighted by molar-refractivity contribution is 5.88. The molecular weight excluding hydrogens is 739 g/mol. The summed E-state index contributed by atoms with van der Waals surface area (Å²) in [5.41, 5.74) is 9.36. The van der Waals surface area contributed by atoms with Gasteiger partial charge >= 0.3 is 6.09 Å². The molecule has 8 unspecified atom stereocenters. The van der Waals surface area contributed by atoms with E-state index in [4.69, 9.17) is 14.7 Å². The molecule has 59 heavy (non-hydrogen) atoms. The maximum Gasteiger partial charge on any atom is 0.407 e. The summed E-state index contributed by atoms with van der Waals surface area (Å²) in [6.07, 6.45) is 14.9. The first kappa shape index (κ1) is 39.3. The third-order valence-corrected chi connectivity index (χ3v) is 14.3. The molecule has 310 valence electrons. The van der Waals surface area contributed by atoms with Crippen LogP contribution in [0.3, 0.4) is 0 Å². The minimum Gasteiger partial charge on any atom is -0.453 e. The number of H-pyrrole nitrogens is 2. The summed E-state index contributed by atoms with van der Waals surface area (Å²) in [6, 6.07) is 14.8. The van der Waals surface area contributed by atoms with Crippen LogP contribution < -0.4 is 5.32 Å². The van der Waals surface area contributed by atoms with Crippen molar-refractivity contribution in [1.82, 2.24) is 35.1 Å². The van der Waals surface area contributed by atoms with Gasteiger partial charge in [-0.1, -0.05) is 76.6 Å². The maximum absolute atomic E-state index is 13.9. The smallest absolute Gasteiger partial charge is 0.407 e. The zero-order valence-electron chi connectivity index (χ0n) is 35.2. The highest BCUT2D eigenvalue weighted by Gasteiger charge is 2.51. The van der Waals surface area contributed by atoms with Gasteiger partial charge in [-0.05, 0) is 120 Å². The molecule has 3 amide bonds. The van der Waals surface area contributed by atoms with Crippen molar-refractivity contribution < 1.29 is 19.1 Å². The second-order valence-electron chi connectivity index (χ2n) is 18.3. The van der Waals surface area contributed by atoms with Gasteiger partial charge in [-0.25, -0.2) is 14.8 Å². The molecule has 2 saturated heterocycles. The summed E-state index contributed by atoms with van der Waals surface area (Å²) in [6.45, 7) is 9.64. The number of nitrogens with zero attached hydrogens (tertiary/aromatic N) is 4. The molecule has 8 atom stereocenters. The summed E-state index contributed by atoms with van der Waals surface area (Å²) in [7, 11) is 1.33. The van der Waals surface area contributed by atoms with E-state index in [0.717, 1.165) is 72.6 Å². The van der Waals surface area contributed by atoms with E-state index in [-0.39, 0.29) is 29.8 Å². The highest BCUT2D eigenvalue weighted by atomic mass is 16.5. The number of hydrogen-bond acceptors (Lipinski definition) is 6. The van der Waals surface area contributed by atoms with E-state index >= 15 is 0 Å². The summed E-state index contributed by atoms with van der Waals surface area (Å²) in [5.74, 6) is 4.44. The normalized spacial score (nSPS) is 25.9. The number of aromatic amines is 2. The molecule has 0 spiro atoms. The number of allylic oxidation sites excluding steroid dienone is 4. The molecular formula is C48H59N7O4. The molecule has 11 heteroatoms. The molecule has 4 aromatic rings. The van der Waals surface area contributed by atoms with E-state index in [2.05, 4.69) is 83.7 Å². The van der Waals surface area contributed by atoms with Crippen molar-refractivity contribution in [2.24, 2.45) is 35.5 Å². The van der Waals surface area contributed by atoms with E-state index < -0.39 is 12.1 Å². The van der Waals surface area contributed by atoms with Gasteiger partial charge in [0.25, 0.3) is 0 Å². The first-order chi connectivity index (χ1) is 28.6. The highest BCUT2D eigenvalue weighted by Crippen LogP contribution is 2.62. The first-order valence-electron chi connectivity index (χ1n) is 22.1. The molecule has 5 aliphatic rings. The van der Waals surface area contributed by atoms with Gasteiger partial charge in [0.15, 0.2) is 0 Å². The number of amides is 3. The number of ether oxygens (including phenoxy) is 1. The van der Waals surface area contributed by atoms with Crippen molar-refractivity contribution in [3.63, 3.8) is 0 Å². The number of fused-ring (bicyclic) bond motifs is 6. The Morgan fingerprint density at radius 1 is 0.831 bits per heavy atom. The second-order valence-corrected chi connectivity index (χ2v) is 18.3. The van der Waals surface area contributed by atoms with Crippen LogP contribution in [-0.2, 0) is 14.3 Å². The van der Waals surface area contributed by atoms with Gasteiger partial charge in [0, 0.05) is 19.5 Å². The molecule has 2 bridgehead atoms. The maximum atomic E-state index is 13.9. The van der Waals surface area contributed by atoms with Crippen LogP contribution in [0.15, 0.2) is 60.8 Å². The Balaban J connectivity index is 0.952. The summed E-state index contributed by atoms with van der Waals surface area (Å²) in [5, 5.41) is 2.80. The predicted octanol–water partition coefficient (Wildman–Crippen LogP) is 9.24. The number of methoxy groups -OCH3 is 1. The molecule has 2 saturated carbocycles. The third-order valence-electron chi connectivity index (χ3n) is 14.3. The molecule has 3 N–H and O–H groups in total. The predicted molar refractivity (Wildman–Crippen MR) is 229 cm³/mol. The van der Waals surface area contributed by atoms with Crippen LogP contribution in [0.25, 0.3) is 33.4 Å². The topological polar surface area (TPSA) is 136 Å². The van der Waals surface area contributed by atoms with Crippen LogP contribution in [-0.4, -0.2) is 73.9 Å². The summed E-state index contributed by atoms with van der Waals surface area (Å²) >= 11 is 0. The van der Waals surface area contributed by atoms with Crippen LogP contribution >= 0.6 is 0 Å². The molecule has 2 aromatic carbocycles. The number of carbonyl (C=O) groups is 3. The number of alkyl carbamates (subject to hydrolysis) is 1. The van der Waals surface area contributed by atoms with E-state index in [9.17, 15) is 14.4 Å². The van der Waals surface area contributed by atoms with Gasteiger partial charge in [-0.15, -0.1) is 0 Å². The number of likely N-dealkylation sites (tertiary alicyclic amines) is 2. The third kappa shape index (κ3) is 7.28. The van der Waals surface area contributed by atoms with E-state index in [1.54, 1.807) is 0 Å². The fourth-order valence-electron chi connectivity index (χ4n) is 11.2. The average molecular weight is 798 g/mol. The molecule has 9 rings (SSSR count). The average Bonchev–Trinajstić information content (AvgIpc) is 4.11. The standard InChI is InChI=1S/C48H59N7O4/c1-6-28(4)44(53-48(58)59-5)47(57)55-22-8-10-40(55)46-50-36-20-17-31(25-37(36)51-46)35-19-18-34(42-32-15-16-33(24-32)43(35)42)29-11-13-30(14-12-29)38-26-49-45(52-38)39-9-7-21-54(39)41(56)23-27(2)3/h11-14,17-20,25-28,32-33,39-40,42-44H,6-10,15-16,21-24H2,1-5H3,(H,49,52)(H,50,51)(H,53,58). The van der Waals surface area contributed by atoms with Crippen molar-refractivity contribution >= 4 is 40.1 Å². The van der Waals surface area contributed by atoms with Crippen LogP contribution in [0, 0.1) is 35.5 Å². The van der Waals surface area contributed by atoms with Gasteiger partial charge in [0.2, 0.25) is 11.8 Å². The van der Waals surface area contributed by atoms with Gasteiger partial charge in [0.05, 0.1) is 42.1 Å². The molecule has 2 aromatic heterocycles. The largest absolute Gasteiger partial charge is 0.453 e. The fourth-order valence-corrected chi connectivity index (χ4v) is 11.2. The lowest BCUT2D eigenvalue weighted by atomic mass is 9.66. The van der Waals surface area contributed by atoms with Gasteiger partial charge in [0.1, 0.15) is 17.7 Å². The molecule has 4 fully saturated rings. The van der Waals surface area contributed by atoms with Gasteiger partial charge in [-0.3, -0.25) is 9.59 Å². The van der Waals surface area contributed by atoms with Crippen molar-refractivity contribution in [2.75, 3.05) is 20.2 Å². The van der Waals surface area contributed by atoms with Crippen LogP contribution in [0.4, 0.5) is 4.79 Å². The lowest BCUT2D eigenvalue weighted by Gasteiger charge is -2.37. The Morgan fingerprint density at radius 3 is 2.15 bits per heavy atom. The number of benzene rings is 2. The van der Waals surface area contributed by atoms with E-state index in [0.29, 0.717) is 42.6 Å². The van der Waals surface area contributed by atoms with Crippen LogP contribution in [0.2, 0.25) is 0 Å². The molecule has 11 nitrogen and oxygen atoms in total. The van der Waals surface area contributed by atoms with Crippen LogP contribution in [0.5, 0.6) is 0 Å². The molecule has 2 aliphatic heterocycles. The minimum atomic E-state index is -0.654. The van der Waals surface area contributed by atoms with Crippen molar-refractivity contribution in [3.8, 4) is 11.3 Å². The van der Waals surface area contributed by atoms with Gasteiger partial charge in [-0.2, -0.15) is 0 Å². The zero-order chi connectivity index (χ0) is 40.9. The second kappa shape index (κ2) is 16.1. The number of carbonyl (C=O) groups excluding carboxylic acids is 3. The van der Waals surface area contributed by atoms with Crippen LogP contribution in [0.1, 0.15) is 120 Å². The van der Waals surface area contributed by atoms with Crippen molar-refractivity contribution in [3.05, 3.63) is 83.6 Å². The Hall–Kier alpha value is -5.19. The minimum absolute atomic E-state index is 0.0207. The Bertz CT molecular complexity index is 2290. The fraction of sp³-hybridized carbons (Fsp3) is 0.521. The Labute approximate surface area is 347 Å². The zero-order valence-corrected chi connectivity index (χ0v) is 35.2. The van der Waals surface area contributed by atoms with E-state index in [1.807, 2.05) is 29.8 Å². The number of nitrogens with one attached hydrogen (secondary N) is 3. The van der Waals surface area contributed by atoms with Crippen molar-refractivity contribution in [1.29, 1.82) is 0 Å². The number of rotatable bonds is 11. The van der Waals surface area contributed by atoms with Crippen molar-refractivity contribution in [2.45, 2.75) is 104 Å². The number of aromatic nitrogens is 4. The Kier molecular flexibility index (Phi) is 10.7. The molecule has 3 aliphatic carbocycles. The monoisotopic (exact) mass is 797 g/mol. The summed E-state index contributed by atoms with van der Waals surface area (Å²) in [4.78, 5) is 60.0. The van der Waals surface area contributed by atoms with Gasteiger partial charge < -0.3 is 29.8 Å². The first-order valence-corrected chi connectivity index (χ1v) is 22.1. The Morgan fingerprint density at radius 2 is 1.47 bits per heavy atom. The molecule has 0 radical (unpaired) electrons. The lowest BCUT2D eigenvalue weighted by Crippen LogP contribution is -2.51. The quantitative estimate of drug-likeness (QED) is 0.139. The molecule has 4 heterocycles. The summed E-state index contributed by atoms with van der Waals surface area (Å²) < 4.78 is 4.86. The lowest BCUT2D eigenvalue weighted by molar-refractivity contribution is -0.136. The number of imidazole rings is 2. The SMILES string of the molecule is CCC(C)C(NC(=O)OC)C(=O)N1CCCC1c1nc2ccc(C3=CC=C(c4ccc(-c5cnc(C6CCCN6C(=O)CC(C)C)[nH]5)cc4)C4C5CCC(C5)C34)cc2[nH]1.